The molecule has 0 aromatic carbocycles. The molecule has 128 valence electrons. The predicted molar refractivity (Wildman–Crippen MR) is 87.8 cm³/mol. The largest absolute Gasteiger partial charge is 0.482 e. The number of phosphoric acid groups is 1. The molecule has 0 spiro atoms. The first-order valence-electron chi connectivity index (χ1n) is 7.44. The Morgan fingerprint density at radius 3 is 1.67 bits per heavy atom. The van der Waals surface area contributed by atoms with Gasteiger partial charge in [0.25, 0.3) is 0 Å². The molecule has 0 heterocycles. The second-order valence-electron chi connectivity index (χ2n) is 4.31. The summed E-state index contributed by atoms with van der Waals surface area (Å²) in [6, 6.07) is 0. The van der Waals surface area contributed by atoms with E-state index in [-0.39, 0.29) is 19.8 Å². The van der Waals surface area contributed by atoms with Gasteiger partial charge in [0.2, 0.25) is 0 Å². The summed E-state index contributed by atoms with van der Waals surface area (Å²) in [5.41, 5.74) is 0. The Labute approximate surface area is 132 Å². The summed E-state index contributed by atoms with van der Waals surface area (Å²) < 4.78 is 46.1. The molecule has 0 aliphatic heterocycles. The number of rotatable bonds is 14. The summed E-state index contributed by atoms with van der Waals surface area (Å²) in [7, 11) is -3.86. The van der Waals surface area contributed by atoms with E-state index in [0.717, 1.165) is 17.8 Å². The fraction of sp³-hybridized carbons (Fsp3) is 1.00. The lowest BCUT2D eigenvalue weighted by Crippen LogP contribution is -2.02. The van der Waals surface area contributed by atoms with Gasteiger partial charge in [-0.05, 0) is 37.1 Å². The van der Waals surface area contributed by atoms with E-state index < -0.39 is 14.6 Å². The summed E-state index contributed by atoms with van der Waals surface area (Å²) in [5, 5.41) is 0. The van der Waals surface area contributed by atoms with Crippen molar-refractivity contribution in [3.8, 4) is 0 Å². The molecule has 21 heavy (non-hydrogen) atoms. The van der Waals surface area contributed by atoms with E-state index in [1.54, 1.807) is 0 Å². The van der Waals surface area contributed by atoms with Crippen LogP contribution < -0.4 is 0 Å². The van der Waals surface area contributed by atoms with Crippen molar-refractivity contribution in [2.24, 2.45) is 0 Å². The van der Waals surface area contributed by atoms with Crippen molar-refractivity contribution in [2.45, 2.75) is 53.4 Å². The number of hydrogen-bond acceptors (Lipinski definition) is 7. The Morgan fingerprint density at radius 1 is 0.762 bits per heavy atom. The van der Waals surface area contributed by atoms with Crippen molar-refractivity contribution in [1.29, 1.82) is 0 Å². The van der Waals surface area contributed by atoms with Crippen LogP contribution in [0.1, 0.15) is 53.4 Å². The maximum Gasteiger partial charge on any atom is 0.482 e. The predicted octanol–water partition coefficient (Wildman–Crippen LogP) is 5.64. The minimum atomic E-state index is -3.86. The molecule has 0 bridgehead atoms. The zero-order valence-corrected chi connectivity index (χ0v) is 16.0. The number of hydrogen-bond donors (Lipinski definition) is 0. The third-order valence-electron chi connectivity index (χ3n) is 2.01. The molecule has 0 aliphatic carbocycles. The van der Waals surface area contributed by atoms with Crippen molar-refractivity contribution < 1.29 is 27.0 Å². The maximum atomic E-state index is 12.7. The van der Waals surface area contributed by atoms with Crippen molar-refractivity contribution in [2.75, 3.05) is 25.6 Å². The zero-order chi connectivity index (χ0) is 16.2. The lowest BCUT2D eigenvalue weighted by molar-refractivity contribution is 0.147. The lowest BCUT2D eigenvalue weighted by atomic mass is 10.5. The molecular weight excluding hydrogens is 334 g/mol. The Balaban J connectivity index is 4.90. The normalized spacial score (nSPS) is 15.0. The van der Waals surface area contributed by atoms with E-state index in [1.165, 1.54) is 0 Å². The molecule has 0 radical (unpaired) electrons. The third kappa shape index (κ3) is 10.1. The molecule has 1 unspecified atom stereocenters. The molecule has 0 aromatic rings. The highest BCUT2D eigenvalue weighted by Gasteiger charge is 2.39. The molecule has 0 N–H and O–H groups in total. The molecule has 0 fully saturated rings. The van der Waals surface area contributed by atoms with Crippen LogP contribution in [0.5, 0.6) is 0 Å². The van der Waals surface area contributed by atoms with Crippen molar-refractivity contribution in [3.05, 3.63) is 0 Å². The van der Waals surface area contributed by atoms with E-state index in [4.69, 9.17) is 17.9 Å². The smallest absolute Gasteiger partial charge is 0.300 e. The Morgan fingerprint density at radius 2 is 1.24 bits per heavy atom. The van der Waals surface area contributed by atoms with Crippen LogP contribution in [-0.2, 0) is 27.0 Å². The first-order chi connectivity index (χ1) is 9.95. The van der Waals surface area contributed by atoms with Crippen LogP contribution in [0.15, 0.2) is 0 Å². The fourth-order valence-electron chi connectivity index (χ4n) is 1.10. The van der Waals surface area contributed by atoms with Crippen LogP contribution in [0.4, 0.5) is 0 Å². The van der Waals surface area contributed by atoms with Gasteiger partial charge in [0, 0.05) is 5.75 Å². The Hall–Kier alpha value is 0.650. The third-order valence-corrected chi connectivity index (χ3v) is 8.43. The Bertz CT molecular complexity index is 297. The van der Waals surface area contributed by atoms with E-state index in [1.807, 2.05) is 27.7 Å². The molecule has 6 nitrogen and oxygen atoms in total. The first kappa shape index (κ1) is 21.6. The van der Waals surface area contributed by atoms with Crippen LogP contribution in [0.25, 0.3) is 0 Å². The van der Waals surface area contributed by atoms with Gasteiger partial charge in [-0.15, -0.1) is 0 Å². The topological polar surface area (TPSA) is 71.1 Å². The van der Waals surface area contributed by atoms with Crippen molar-refractivity contribution >= 4 is 26.0 Å². The summed E-state index contributed by atoms with van der Waals surface area (Å²) in [6.45, 7) is 4.76. The van der Waals surface area contributed by atoms with Crippen molar-refractivity contribution in [1.82, 2.24) is 0 Å². The minimum absolute atomic E-state index is 0.215. The molecule has 0 saturated carbocycles. The highest BCUT2D eigenvalue weighted by atomic mass is 32.7. The summed E-state index contributed by atoms with van der Waals surface area (Å²) in [6.07, 6.45) is 2.82. The van der Waals surface area contributed by atoms with Crippen LogP contribution in [-0.4, -0.2) is 25.6 Å². The monoisotopic (exact) mass is 362 g/mol. The molecule has 0 aromatic heterocycles. The average molecular weight is 362 g/mol. The molecule has 1 atom stereocenters. The first-order valence-corrected chi connectivity index (χ1v) is 12.0. The van der Waals surface area contributed by atoms with Gasteiger partial charge in [0.15, 0.2) is 0 Å². The van der Waals surface area contributed by atoms with Gasteiger partial charge in [-0.3, -0.25) is 9.05 Å². The number of phosphoric ester groups is 1. The quantitative estimate of drug-likeness (QED) is 0.370. The van der Waals surface area contributed by atoms with Gasteiger partial charge in [-0.25, -0.2) is 9.13 Å². The minimum Gasteiger partial charge on any atom is -0.300 e. The van der Waals surface area contributed by atoms with Crippen LogP contribution in [0, 0.1) is 0 Å². The Kier molecular flexibility index (Phi) is 12.5. The van der Waals surface area contributed by atoms with Gasteiger partial charge in [0.1, 0.15) is 0 Å². The van der Waals surface area contributed by atoms with Crippen molar-refractivity contribution in [3.63, 3.8) is 0 Å². The molecule has 0 rings (SSSR count). The highest BCUT2D eigenvalue weighted by Crippen LogP contribution is 2.71. The van der Waals surface area contributed by atoms with Gasteiger partial charge in [-0.2, -0.15) is 4.31 Å². The van der Waals surface area contributed by atoms with Crippen LogP contribution in [0.3, 0.4) is 0 Å². The van der Waals surface area contributed by atoms with Crippen LogP contribution in [0.2, 0.25) is 0 Å². The van der Waals surface area contributed by atoms with E-state index in [2.05, 4.69) is 0 Å². The van der Waals surface area contributed by atoms with Crippen LogP contribution >= 0.6 is 26.0 Å². The standard InChI is InChI=1S/C12H28O6P2S/c1-5-9-15-19(13,16-10-6-2)18-20(14,17-11-7-3)21-12-8-4/h5-12H2,1-4H3. The van der Waals surface area contributed by atoms with Gasteiger partial charge in [0.05, 0.1) is 19.8 Å². The molecule has 0 amide bonds. The second kappa shape index (κ2) is 12.1. The fourth-order valence-corrected chi connectivity index (χ4v) is 7.44. The highest BCUT2D eigenvalue weighted by molar-refractivity contribution is 8.55. The average Bonchev–Trinajstić information content (AvgIpc) is 2.47. The molecule has 0 saturated heterocycles. The summed E-state index contributed by atoms with van der Waals surface area (Å²) >= 11 is 1.04. The summed E-state index contributed by atoms with van der Waals surface area (Å²) in [5.74, 6) is 0.586. The molecule has 0 aliphatic rings. The van der Waals surface area contributed by atoms with E-state index in [9.17, 15) is 9.13 Å². The van der Waals surface area contributed by atoms with E-state index >= 15 is 0 Å². The maximum absolute atomic E-state index is 12.7. The summed E-state index contributed by atoms with van der Waals surface area (Å²) in [4.78, 5) is 0. The molecule has 9 heteroatoms. The SMILES string of the molecule is CCCOP(=O)(OCCC)OP(=O)(OCCC)SCCC. The van der Waals surface area contributed by atoms with E-state index in [0.29, 0.717) is 25.0 Å². The van der Waals surface area contributed by atoms with Gasteiger partial charge < -0.3 is 4.52 Å². The lowest BCUT2D eigenvalue weighted by Gasteiger charge is -2.22. The second-order valence-corrected chi connectivity index (χ2v) is 10.3. The van der Waals surface area contributed by atoms with Gasteiger partial charge >= 0.3 is 14.6 Å². The van der Waals surface area contributed by atoms with Gasteiger partial charge in [-0.1, -0.05) is 27.7 Å². The molecular formula is C12H28O6P2S. The zero-order valence-electron chi connectivity index (χ0n) is 13.4.